The minimum absolute atomic E-state index is 0.155. The maximum atomic E-state index is 12.2. The zero-order chi connectivity index (χ0) is 15.0. The largest absolute Gasteiger partial charge is 0.495 e. The fourth-order valence-corrected chi connectivity index (χ4v) is 3.43. The number of nitrogens with two attached hydrogens (primary N) is 1. The Morgan fingerprint density at radius 1 is 1.35 bits per heavy atom. The van der Waals surface area contributed by atoms with Gasteiger partial charge in [0.25, 0.3) is 0 Å². The number of methoxy groups -OCH3 is 1. The first-order valence-electron chi connectivity index (χ1n) is 6.40. The highest BCUT2D eigenvalue weighted by Gasteiger charge is 2.18. The standard InChI is InChI=1S/C13H22N2O3S2/c1-18-12-9-11(10-14)5-6-13(12)20(16,17)15-7-3-4-8-19-2/h5-6,9,15H,3-4,7-8,10,14H2,1-2H3. The van der Waals surface area contributed by atoms with E-state index in [-0.39, 0.29) is 4.90 Å². The van der Waals surface area contributed by atoms with Crippen molar-refractivity contribution in [3.8, 4) is 5.75 Å². The van der Waals surface area contributed by atoms with Gasteiger partial charge in [0.15, 0.2) is 0 Å². The lowest BCUT2D eigenvalue weighted by molar-refractivity contribution is 0.401. The van der Waals surface area contributed by atoms with Crippen molar-refractivity contribution in [2.45, 2.75) is 24.3 Å². The predicted molar refractivity (Wildman–Crippen MR) is 83.7 cm³/mol. The van der Waals surface area contributed by atoms with Crippen LogP contribution in [0.3, 0.4) is 0 Å². The zero-order valence-corrected chi connectivity index (χ0v) is 13.5. The normalized spacial score (nSPS) is 11.6. The van der Waals surface area contributed by atoms with E-state index in [4.69, 9.17) is 10.5 Å². The van der Waals surface area contributed by atoms with Crippen molar-refractivity contribution >= 4 is 21.8 Å². The topological polar surface area (TPSA) is 81.4 Å². The van der Waals surface area contributed by atoms with Crippen LogP contribution in [-0.4, -0.2) is 34.1 Å². The van der Waals surface area contributed by atoms with Crippen molar-refractivity contribution in [1.29, 1.82) is 0 Å². The van der Waals surface area contributed by atoms with E-state index < -0.39 is 10.0 Å². The summed E-state index contributed by atoms with van der Waals surface area (Å²) in [5.74, 6) is 1.36. The second kappa shape index (κ2) is 8.51. The van der Waals surface area contributed by atoms with Gasteiger partial charge in [-0.3, -0.25) is 0 Å². The summed E-state index contributed by atoms with van der Waals surface area (Å²) in [4.78, 5) is 0.155. The molecule has 0 aliphatic carbocycles. The van der Waals surface area contributed by atoms with E-state index in [0.29, 0.717) is 18.8 Å². The van der Waals surface area contributed by atoms with Gasteiger partial charge in [-0.2, -0.15) is 11.8 Å². The Labute approximate surface area is 125 Å². The molecule has 0 atom stereocenters. The molecule has 0 radical (unpaired) electrons. The molecule has 0 aliphatic rings. The summed E-state index contributed by atoms with van der Waals surface area (Å²) in [5, 5.41) is 0. The molecular weight excluding hydrogens is 296 g/mol. The minimum Gasteiger partial charge on any atom is -0.495 e. The molecule has 0 aromatic heterocycles. The third kappa shape index (κ3) is 4.97. The lowest BCUT2D eigenvalue weighted by Gasteiger charge is -2.11. The summed E-state index contributed by atoms with van der Waals surface area (Å²) in [6, 6.07) is 4.89. The monoisotopic (exact) mass is 318 g/mol. The van der Waals surface area contributed by atoms with E-state index in [0.717, 1.165) is 24.2 Å². The lowest BCUT2D eigenvalue weighted by Crippen LogP contribution is -2.25. The summed E-state index contributed by atoms with van der Waals surface area (Å²) in [5.41, 5.74) is 6.37. The first-order chi connectivity index (χ1) is 9.55. The van der Waals surface area contributed by atoms with E-state index in [1.54, 1.807) is 23.9 Å². The Balaban J connectivity index is 2.76. The molecule has 0 aliphatic heterocycles. The van der Waals surface area contributed by atoms with E-state index >= 15 is 0 Å². The molecule has 0 fully saturated rings. The van der Waals surface area contributed by atoms with Crippen LogP contribution in [0.1, 0.15) is 18.4 Å². The SMILES string of the molecule is COc1cc(CN)ccc1S(=O)(=O)NCCCCSC. The molecule has 5 nitrogen and oxygen atoms in total. The van der Waals surface area contributed by atoms with Crippen LogP contribution >= 0.6 is 11.8 Å². The van der Waals surface area contributed by atoms with Crippen LogP contribution < -0.4 is 15.2 Å². The molecule has 1 aromatic carbocycles. The Morgan fingerprint density at radius 2 is 2.10 bits per heavy atom. The zero-order valence-electron chi connectivity index (χ0n) is 11.9. The summed E-state index contributed by atoms with van der Waals surface area (Å²) < 4.78 is 32.2. The van der Waals surface area contributed by atoms with Gasteiger partial charge in [-0.05, 0) is 42.5 Å². The highest BCUT2D eigenvalue weighted by atomic mass is 32.2. The number of ether oxygens (including phenoxy) is 1. The Bertz CT molecular complexity index is 518. The Hall–Kier alpha value is -0.760. The van der Waals surface area contributed by atoms with Gasteiger partial charge in [-0.1, -0.05) is 6.07 Å². The Kier molecular flexibility index (Phi) is 7.36. The highest BCUT2D eigenvalue weighted by molar-refractivity contribution is 7.98. The van der Waals surface area contributed by atoms with Crippen LogP contribution in [0.15, 0.2) is 23.1 Å². The fourth-order valence-electron chi connectivity index (χ4n) is 1.72. The van der Waals surface area contributed by atoms with E-state index in [9.17, 15) is 8.42 Å². The predicted octanol–water partition coefficient (Wildman–Crippen LogP) is 1.58. The van der Waals surface area contributed by atoms with Crippen LogP contribution in [0, 0.1) is 0 Å². The molecule has 3 N–H and O–H groups in total. The van der Waals surface area contributed by atoms with Gasteiger partial charge in [0.1, 0.15) is 10.6 Å². The van der Waals surface area contributed by atoms with Crippen molar-refractivity contribution in [3.63, 3.8) is 0 Å². The number of benzene rings is 1. The minimum atomic E-state index is -3.54. The maximum Gasteiger partial charge on any atom is 0.244 e. The first-order valence-corrected chi connectivity index (χ1v) is 9.28. The van der Waals surface area contributed by atoms with Crippen LogP contribution in [0.5, 0.6) is 5.75 Å². The van der Waals surface area contributed by atoms with Gasteiger partial charge in [-0.25, -0.2) is 13.1 Å². The van der Waals surface area contributed by atoms with Crippen molar-refractivity contribution in [2.24, 2.45) is 5.73 Å². The lowest BCUT2D eigenvalue weighted by atomic mass is 10.2. The molecule has 0 saturated carbocycles. The van der Waals surface area contributed by atoms with Gasteiger partial charge in [0.2, 0.25) is 10.0 Å². The smallest absolute Gasteiger partial charge is 0.244 e. The molecule has 1 rings (SSSR count). The van der Waals surface area contributed by atoms with Gasteiger partial charge < -0.3 is 10.5 Å². The van der Waals surface area contributed by atoms with Crippen molar-refractivity contribution in [2.75, 3.05) is 25.7 Å². The molecule has 0 unspecified atom stereocenters. The molecule has 114 valence electrons. The van der Waals surface area contributed by atoms with E-state index in [1.807, 2.05) is 6.26 Å². The average molecular weight is 318 g/mol. The summed E-state index contributed by atoms with van der Waals surface area (Å²) in [7, 11) is -2.09. The van der Waals surface area contributed by atoms with Gasteiger partial charge in [-0.15, -0.1) is 0 Å². The van der Waals surface area contributed by atoms with Crippen molar-refractivity contribution < 1.29 is 13.2 Å². The number of unbranched alkanes of at least 4 members (excludes halogenated alkanes) is 1. The van der Waals surface area contributed by atoms with Crippen LogP contribution in [0.4, 0.5) is 0 Å². The number of hydrogen-bond donors (Lipinski definition) is 2. The molecule has 1 aromatic rings. The molecule has 0 saturated heterocycles. The number of rotatable bonds is 9. The van der Waals surface area contributed by atoms with Crippen LogP contribution in [-0.2, 0) is 16.6 Å². The number of nitrogens with one attached hydrogen (secondary N) is 1. The molecule has 0 spiro atoms. The third-order valence-electron chi connectivity index (χ3n) is 2.82. The van der Waals surface area contributed by atoms with E-state index in [1.165, 1.54) is 13.2 Å². The molecule has 0 bridgehead atoms. The molecule has 7 heteroatoms. The van der Waals surface area contributed by atoms with Crippen LogP contribution in [0.2, 0.25) is 0 Å². The number of thioether (sulfide) groups is 1. The highest BCUT2D eigenvalue weighted by Crippen LogP contribution is 2.24. The Morgan fingerprint density at radius 3 is 2.70 bits per heavy atom. The summed E-state index contributed by atoms with van der Waals surface area (Å²) in [6.45, 7) is 0.781. The second-order valence-electron chi connectivity index (χ2n) is 4.29. The van der Waals surface area contributed by atoms with Crippen LogP contribution in [0.25, 0.3) is 0 Å². The molecule has 20 heavy (non-hydrogen) atoms. The quantitative estimate of drug-likeness (QED) is 0.676. The third-order valence-corrected chi connectivity index (χ3v) is 5.02. The maximum absolute atomic E-state index is 12.2. The fraction of sp³-hybridized carbons (Fsp3) is 0.538. The second-order valence-corrected chi connectivity index (χ2v) is 7.01. The number of sulfonamides is 1. The summed E-state index contributed by atoms with van der Waals surface area (Å²) in [6.07, 6.45) is 3.85. The van der Waals surface area contributed by atoms with Gasteiger partial charge >= 0.3 is 0 Å². The molecular formula is C13H22N2O3S2. The summed E-state index contributed by atoms with van der Waals surface area (Å²) >= 11 is 1.76. The van der Waals surface area contributed by atoms with Crippen molar-refractivity contribution in [1.82, 2.24) is 4.72 Å². The average Bonchev–Trinajstić information content (AvgIpc) is 2.46. The molecule has 0 heterocycles. The van der Waals surface area contributed by atoms with Crippen molar-refractivity contribution in [3.05, 3.63) is 23.8 Å². The van der Waals surface area contributed by atoms with E-state index in [2.05, 4.69) is 4.72 Å². The first kappa shape index (κ1) is 17.3. The van der Waals surface area contributed by atoms with Gasteiger partial charge in [0, 0.05) is 13.1 Å². The van der Waals surface area contributed by atoms with Gasteiger partial charge in [0.05, 0.1) is 7.11 Å². The number of hydrogen-bond acceptors (Lipinski definition) is 5. The molecule has 0 amide bonds.